The molecule has 0 saturated heterocycles. The summed E-state index contributed by atoms with van der Waals surface area (Å²) in [5.41, 5.74) is 0.800. The number of nitrogens with one attached hydrogen (secondary N) is 3. The SMILES string of the molecule is CCCS(=O)(=O)Nc1ccc(NC(=O)C(C)NS(=O)(=O)c2cccs2)cc1. The van der Waals surface area contributed by atoms with Crippen LogP contribution in [0.25, 0.3) is 0 Å². The Balaban J connectivity index is 1.97. The Kier molecular flexibility index (Phi) is 6.98. The highest BCUT2D eigenvalue weighted by Gasteiger charge is 2.22. The molecule has 0 aliphatic heterocycles. The lowest BCUT2D eigenvalue weighted by atomic mass is 10.2. The molecule has 1 heterocycles. The van der Waals surface area contributed by atoms with Crippen LogP contribution in [0.15, 0.2) is 46.0 Å². The molecule has 0 aliphatic rings. The standard InChI is InChI=1S/C16H21N3O5S3/c1-3-11-26(21,22)19-14-8-6-13(7-9-14)17-16(20)12(2)18-27(23,24)15-5-4-10-25-15/h4-10,12,18-19H,3,11H2,1-2H3,(H,17,20). The summed E-state index contributed by atoms with van der Waals surface area (Å²) in [4.78, 5) is 12.2. The van der Waals surface area contributed by atoms with Crippen molar-refractivity contribution in [2.45, 2.75) is 30.5 Å². The first-order valence-corrected chi connectivity index (χ1v) is 12.1. The largest absolute Gasteiger partial charge is 0.325 e. The molecular weight excluding hydrogens is 410 g/mol. The van der Waals surface area contributed by atoms with E-state index in [4.69, 9.17) is 0 Å². The van der Waals surface area contributed by atoms with Crippen molar-refractivity contribution in [1.29, 1.82) is 0 Å². The molecule has 1 atom stereocenters. The number of carbonyl (C=O) groups excluding carboxylic acids is 1. The van der Waals surface area contributed by atoms with Gasteiger partial charge < -0.3 is 5.32 Å². The summed E-state index contributed by atoms with van der Waals surface area (Å²) < 4.78 is 52.6. The van der Waals surface area contributed by atoms with Crippen molar-refractivity contribution in [3.63, 3.8) is 0 Å². The molecule has 0 aliphatic carbocycles. The first-order valence-electron chi connectivity index (χ1n) is 8.10. The van der Waals surface area contributed by atoms with Crippen LogP contribution in [0.2, 0.25) is 0 Å². The van der Waals surface area contributed by atoms with E-state index < -0.39 is 32.0 Å². The van der Waals surface area contributed by atoms with Gasteiger partial charge in [-0.2, -0.15) is 4.72 Å². The van der Waals surface area contributed by atoms with Crippen molar-refractivity contribution in [1.82, 2.24) is 4.72 Å². The Labute approximate surface area is 163 Å². The predicted octanol–water partition coefficient (Wildman–Crippen LogP) is 2.21. The van der Waals surface area contributed by atoms with Gasteiger partial charge in [0.1, 0.15) is 4.21 Å². The zero-order valence-electron chi connectivity index (χ0n) is 14.8. The number of thiophene rings is 1. The summed E-state index contributed by atoms with van der Waals surface area (Å²) in [5, 5.41) is 4.22. The van der Waals surface area contributed by atoms with E-state index in [-0.39, 0.29) is 9.96 Å². The minimum Gasteiger partial charge on any atom is -0.325 e. The van der Waals surface area contributed by atoms with Crippen LogP contribution in [0.1, 0.15) is 20.3 Å². The predicted molar refractivity (Wildman–Crippen MR) is 107 cm³/mol. The fraction of sp³-hybridized carbons (Fsp3) is 0.312. The molecule has 0 radical (unpaired) electrons. The molecule has 1 aromatic heterocycles. The number of sulfonamides is 2. The number of hydrogen-bond acceptors (Lipinski definition) is 6. The van der Waals surface area contributed by atoms with E-state index >= 15 is 0 Å². The zero-order chi connectivity index (χ0) is 20.1. The van der Waals surface area contributed by atoms with Crippen molar-refractivity contribution in [3.05, 3.63) is 41.8 Å². The van der Waals surface area contributed by atoms with Crippen LogP contribution >= 0.6 is 11.3 Å². The summed E-state index contributed by atoms with van der Waals surface area (Å²) in [6, 6.07) is 8.17. The van der Waals surface area contributed by atoms with E-state index in [2.05, 4.69) is 14.8 Å². The Morgan fingerprint density at radius 3 is 2.26 bits per heavy atom. The molecule has 11 heteroatoms. The van der Waals surface area contributed by atoms with Gasteiger partial charge >= 0.3 is 0 Å². The van der Waals surface area contributed by atoms with Crippen molar-refractivity contribution >= 4 is 48.7 Å². The Bertz CT molecular complexity index is 969. The third-order valence-electron chi connectivity index (χ3n) is 3.38. The molecule has 8 nitrogen and oxygen atoms in total. The van der Waals surface area contributed by atoms with Gasteiger partial charge in [0, 0.05) is 11.4 Å². The highest BCUT2D eigenvalue weighted by molar-refractivity contribution is 7.92. The molecule has 0 fully saturated rings. The van der Waals surface area contributed by atoms with E-state index in [1.165, 1.54) is 37.3 Å². The lowest BCUT2D eigenvalue weighted by molar-refractivity contribution is -0.117. The van der Waals surface area contributed by atoms with Crippen molar-refractivity contribution in [2.24, 2.45) is 0 Å². The van der Waals surface area contributed by atoms with Crippen LogP contribution < -0.4 is 14.8 Å². The van der Waals surface area contributed by atoms with Crippen LogP contribution in [-0.2, 0) is 24.8 Å². The molecule has 1 aromatic carbocycles. The maximum atomic E-state index is 12.2. The van der Waals surface area contributed by atoms with Gasteiger partial charge in [0.15, 0.2) is 0 Å². The number of carbonyl (C=O) groups is 1. The molecule has 0 saturated carbocycles. The summed E-state index contributed by atoms with van der Waals surface area (Å²) in [6.45, 7) is 3.21. The second-order valence-corrected chi connectivity index (χ2v) is 10.5. The van der Waals surface area contributed by atoms with Gasteiger partial charge in [-0.1, -0.05) is 13.0 Å². The number of benzene rings is 1. The van der Waals surface area contributed by atoms with E-state index in [1.54, 1.807) is 18.4 Å². The van der Waals surface area contributed by atoms with Gasteiger partial charge in [0.2, 0.25) is 15.9 Å². The first-order chi connectivity index (χ1) is 12.6. The fourth-order valence-electron chi connectivity index (χ4n) is 2.13. The number of anilines is 2. The normalized spacial score (nSPS) is 13.1. The average molecular weight is 432 g/mol. The summed E-state index contributed by atoms with van der Waals surface area (Å²) in [7, 11) is -7.14. The van der Waals surface area contributed by atoms with Crippen LogP contribution in [0, 0.1) is 0 Å². The van der Waals surface area contributed by atoms with Gasteiger partial charge in [0.25, 0.3) is 10.0 Å². The maximum Gasteiger partial charge on any atom is 0.250 e. The first kappa shape index (κ1) is 21.4. The van der Waals surface area contributed by atoms with Crippen molar-refractivity contribution in [2.75, 3.05) is 15.8 Å². The highest BCUT2D eigenvalue weighted by atomic mass is 32.2. The highest BCUT2D eigenvalue weighted by Crippen LogP contribution is 2.17. The second-order valence-electron chi connectivity index (χ2n) is 5.76. The van der Waals surface area contributed by atoms with Gasteiger partial charge in [0.05, 0.1) is 11.8 Å². The second kappa shape index (κ2) is 8.83. The number of hydrogen-bond donors (Lipinski definition) is 3. The smallest absolute Gasteiger partial charge is 0.250 e. The van der Waals surface area contributed by atoms with Gasteiger partial charge in [-0.15, -0.1) is 11.3 Å². The maximum absolute atomic E-state index is 12.2. The number of amides is 1. The van der Waals surface area contributed by atoms with Gasteiger partial charge in [-0.05, 0) is 49.1 Å². The van der Waals surface area contributed by atoms with E-state index in [0.717, 1.165) is 11.3 Å². The molecular formula is C16H21N3O5S3. The molecule has 1 amide bonds. The summed E-state index contributed by atoms with van der Waals surface area (Å²) in [6.07, 6.45) is 0.503. The molecule has 2 rings (SSSR count). The Morgan fingerprint density at radius 1 is 1.07 bits per heavy atom. The lowest BCUT2D eigenvalue weighted by Gasteiger charge is -2.14. The third-order valence-corrected chi connectivity index (χ3v) is 7.81. The molecule has 3 N–H and O–H groups in total. The fourth-order valence-corrected chi connectivity index (χ4v) is 5.48. The van der Waals surface area contributed by atoms with Crippen LogP contribution in [0.4, 0.5) is 11.4 Å². The molecule has 0 spiro atoms. The molecule has 0 bridgehead atoms. The lowest BCUT2D eigenvalue weighted by Crippen LogP contribution is -2.41. The third kappa shape index (κ3) is 6.31. The summed E-state index contributed by atoms with van der Waals surface area (Å²) in [5.74, 6) is -0.512. The quantitative estimate of drug-likeness (QED) is 0.562. The van der Waals surface area contributed by atoms with Crippen LogP contribution in [0.3, 0.4) is 0 Å². The van der Waals surface area contributed by atoms with E-state index in [1.807, 2.05) is 0 Å². The minimum absolute atomic E-state index is 0.0212. The van der Waals surface area contributed by atoms with Crippen LogP contribution in [-0.4, -0.2) is 34.5 Å². The minimum atomic E-state index is -3.76. The Morgan fingerprint density at radius 2 is 1.70 bits per heavy atom. The van der Waals surface area contributed by atoms with Crippen molar-refractivity contribution < 1.29 is 21.6 Å². The van der Waals surface area contributed by atoms with E-state index in [0.29, 0.717) is 17.8 Å². The topological polar surface area (TPSA) is 121 Å². The van der Waals surface area contributed by atoms with Gasteiger partial charge in [-0.3, -0.25) is 9.52 Å². The van der Waals surface area contributed by atoms with Gasteiger partial charge in [-0.25, -0.2) is 16.8 Å². The Hall–Kier alpha value is -1.95. The number of rotatable bonds is 9. The molecule has 27 heavy (non-hydrogen) atoms. The zero-order valence-corrected chi connectivity index (χ0v) is 17.2. The molecule has 2 aromatic rings. The summed E-state index contributed by atoms with van der Waals surface area (Å²) >= 11 is 1.06. The van der Waals surface area contributed by atoms with E-state index in [9.17, 15) is 21.6 Å². The average Bonchev–Trinajstić information content (AvgIpc) is 3.11. The van der Waals surface area contributed by atoms with Crippen LogP contribution in [0.5, 0.6) is 0 Å². The molecule has 148 valence electrons. The van der Waals surface area contributed by atoms with Crippen molar-refractivity contribution in [3.8, 4) is 0 Å². The monoisotopic (exact) mass is 431 g/mol. The molecule has 1 unspecified atom stereocenters.